The molecule has 0 N–H and O–H groups in total. The van der Waals surface area contributed by atoms with Crippen LogP contribution in [-0.4, -0.2) is 65.7 Å². The number of nitrogens with zero attached hydrogens (tertiary/aromatic N) is 5. The third kappa shape index (κ3) is 4.54. The van der Waals surface area contributed by atoms with Crippen LogP contribution in [0.2, 0.25) is 0 Å². The molecule has 0 spiro atoms. The van der Waals surface area contributed by atoms with Gasteiger partial charge in [-0.25, -0.2) is 9.18 Å². The van der Waals surface area contributed by atoms with E-state index in [1.807, 2.05) is 18.2 Å². The van der Waals surface area contributed by atoms with Crippen molar-refractivity contribution in [3.63, 3.8) is 0 Å². The normalized spacial score (nSPS) is 17.1. The predicted octanol–water partition coefficient (Wildman–Crippen LogP) is 5.68. The second-order valence-corrected chi connectivity index (χ2v) is 11.4. The molecule has 0 bridgehead atoms. The Balaban J connectivity index is 1.53. The Morgan fingerprint density at radius 1 is 1.12 bits per heavy atom. The van der Waals surface area contributed by atoms with Crippen LogP contribution in [0.15, 0.2) is 54.6 Å². The summed E-state index contributed by atoms with van der Waals surface area (Å²) in [6.45, 7) is 8.74. The average Bonchev–Trinajstić information content (AvgIpc) is 3.30. The summed E-state index contributed by atoms with van der Waals surface area (Å²) >= 11 is 0. The van der Waals surface area contributed by atoms with E-state index in [0.717, 1.165) is 36.6 Å². The summed E-state index contributed by atoms with van der Waals surface area (Å²) in [4.78, 5) is 17.9. The highest BCUT2D eigenvalue weighted by Crippen LogP contribution is 2.41. The van der Waals surface area contributed by atoms with Gasteiger partial charge in [-0.3, -0.25) is 0 Å². The molecule has 0 amide bonds. The minimum atomic E-state index is -0.751. The Morgan fingerprint density at radius 2 is 1.93 bits per heavy atom. The van der Waals surface area contributed by atoms with Gasteiger partial charge in [0.1, 0.15) is 29.5 Å². The lowest BCUT2D eigenvalue weighted by Crippen LogP contribution is -2.56. The first kappa shape index (κ1) is 25.8. The molecule has 1 fully saturated rings. The highest BCUT2D eigenvalue weighted by molar-refractivity contribution is 6.01. The minimum absolute atomic E-state index is 0.226. The van der Waals surface area contributed by atoms with Crippen LogP contribution in [0.5, 0.6) is 5.75 Å². The van der Waals surface area contributed by atoms with Crippen LogP contribution in [0.4, 0.5) is 14.9 Å². The van der Waals surface area contributed by atoms with Gasteiger partial charge in [-0.2, -0.15) is 15.0 Å². The predicted molar refractivity (Wildman–Crippen MR) is 151 cm³/mol. The average molecular weight is 540 g/mol. The van der Waals surface area contributed by atoms with Crippen LogP contribution in [0.3, 0.4) is 0 Å². The van der Waals surface area contributed by atoms with Gasteiger partial charge in [0.15, 0.2) is 0 Å². The molecule has 40 heavy (non-hydrogen) atoms. The lowest BCUT2D eigenvalue weighted by atomic mass is 9.96. The van der Waals surface area contributed by atoms with E-state index in [1.54, 1.807) is 51.1 Å². The molecule has 1 saturated heterocycles. The van der Waals surface area contributed by atoms with Crippen molar-refractivity contribution in [3.8, 4) is 34.2 Å². The number of aromatic nitrogens is 2. The number of piperazine rings is 1. The second-order valence-electron chi connectivity index (χ2n) is 11.4. The van der Waals surface area contributed by atoms with Gasteiger partial charge in [-0.05, 0) is 58.2 Å². The van der Waals surface area contributed by atoms with Crippen molar-refractivity contribution in [1.82, 2.24) is 14.7 Å². The van der Waals surface area contributed by atoms with Gasteiger partial charge in [-0.1, -0.05) is 24.3 Å². The van der Waals surface area contributed by atoms with E-state index < -0.39 is 17.5 Å². The summed E-state index contributed by atoms with van der Waals surface area (Å²) in [6.07, 6.45) is -0.666. The topological polar surface area (TPSA) is 83.6 Å². The zero-order valence-corrected chi connectivity index (χ0v) is 22.9. The molecule has 3 heterocycles. The summed E-state index contributed by atoms with van der Waals surface area (Å²) in [5, 5.41) is 15.2. The number of benzene rings is 3. The van der Waals surface area contributed by atoms with Gasteiger partial charge in [0.05, 0.1) is 28.9 Å². The van der Waals surface area contributed by atoms with Crippen LogP contribution in [-0.2, 0) is 4.74 Å². The van der Waals surface area contributed by atoms with Crippen LogP contribution < -0.4 is 9.64 Å². The largest absolute Gasteiger partial charge is 0.489 e. The summed E-state index contributed by atoms with van der Waals surface area (Å²) in [5.41, 5.74) is 2.88. The molecule has 6 rings (SSSR count). The van der Waals surface area contributed by atoms with Crippen LogP contribution in [0.1, 0.15) is 26.3 Å². The molecule has 8 nitrogen and oxygen atoms in total. The number of carbonyl (C=O) groups excluding carboxylic acids is 1. The van der Waals surface area contributed by atoms with Crippen molar-refractivity contribution in [3.05, 3.63) is 66.0 Å². The number of fused-ring (bicyclic) bond motifs is 4. The Kier molecular flexibility index (Phi) is 6.23. The maximum Gasteiger partial charge on any atom is 0.435 e. The Labute approximate surface area is 232 Å². The molecular weight excluding hydrogens is 509 g/mol. The molecular formula is C31H30FN5O3. The zero-order chi connectivity index (χ0) is 28.2. The third-order valence-corrected chi connectivity index (χ3v) is 7.33. The lowest BCUT2D eigenvalue weighted by molar-refractivity contribution is 0.0523. The fraction of sp³-hybridized carbons (Fsp3) is 0.323. The molecule has 0 aliphatic carbocycles. The van der Waals surface area contributed by atoms with E-state index in [4.69, 9.17) is 9.47 Å². The van der Waals surface area contributed by atoms with Crippen molar-refractivity contribution in [2.45, 2.75) is 32.4 Å². The van der Waals surface area contributed by atoms with Gasteiger partial charge in [-0.15, -0.1) is 0 Å². The number of carbonyl (C=O) groups is 1. The number of ether oxygens (including phenoxy) is 2. The molecule has 0 saturated carbocycles. The summed E-state index contributed by atoms with van der Waals surface area (Å²) < 4.78 is 27.9. The molecule has 1 aromatic heterocycles. The summed E-state index contributed by atoms with van der Waals surface area (Å²) in [5.74, 6) is 0.310. The number of hydrogen-bond donors (Lipinski definition) is 0. The van der Waals surface area contributed by atoms with Gasteiger partial charge in [0.2, 0.25) is 0 Å². The Morgan fingerprint density at radius 3 is 2.67 bits per heavy atom. The maximum atomic E-state index is 14.9. The standard InChI is InChI=1S/C31H30FN5O3/c1-31(2,3)40-30(38)37-27-13-20(16-33)23(22-7-5-6-8-25(22)32)15-24(27)29(34-37)19-9-10-26-28(14-19)39-18-21-17-35(4)11-12-36(21)26/h5-10,13-15,21H,11-12,17-18H2,1-4H3. The van der Waals surface area contributed by atoms with E-state index in [9.17, 15) is 14.4 Å². The van der Waals surface area contributed by atoms with Crippen molar-refractivity contribution in [2.24, 2.45) is 0 Å². The number of likely N-dealkylation sites (N-methyl/N-ethyl adjacent to an activating group) is 1. The molecule has 3 aromatic carbocycles. The maximum absolute atomic E-state index is 14.9. The number of halogens is 1. The quantitative estimate of drug-likeness (QED) is 0.324. The number of rotatable bonds is 2. The minimum Gasteiger partial charge on any atom is -0.489 e. The Bertz CT molecular complexity index is 1680. The smallest absolute Gasteiger partial charge is 0.435 e. The second kappa shape index (κ2) is 9.65. The van der Waals surface area contributed by atoms with Crippen molar-refractivity contribution >= 4 is 22.7 Å². The van der Waals surface area contributed by atoms with Gasteiger partial charge >= 0.3 is 6.09 Å². The molecule has 204 valence electrons. The van der Waals surface area contributed by atoms with E-state index >= 15 is 0 Å². The van der Waals surface area contributed by atoms with Crippen molar-refractivity contribution < 1.29 is 18.7 Å². The fourth-order valence-corrected chi connectivity index (χ4v) is 5.48. The number of anilines is 1. The molecule has 1 unspecified atom stereocenters. The zero-order valence-electron chi connectivity index (χ0n) is 22.9. The molecule has 2 aliphatic heterocycles. The molecule has 0 radical (unpaired) electrons. The molecule has 4 aromatic rings. The van der Waals surface area contributed by atoms with E-state index in [-0.39, 0.29) is 11.6 Å². The van der Waals surface area contributed by atoms with Gasteiger partial charge in [0.25, 0.3) is 0 Å². The van der Waals surface area contributed by atoms with E-state index in [1.165, 1.54) is 10.7 Å². The van der Waals surface area contributed by atoms with Crippen molar-refractivity contribution in [2.75, 3.05) is 38.2 Å². The van der Waals surface area contributed by atoms with Crippen LogP contribution in [0, 0.1) is 17.1 Å². The number of nitriles is 1. The first-order valence-corrected chi connectivity index (χ1v) is 13.3. The van der Waals surface area contributed by atoms with Gasteiger partial charge < -0.3 is 19.3 Å². The summed E-state index contributed by atoms with van der Waals surface area (Å²) in [7, 11) is 2.12. The Hall–Kier alpha value is -4.42. The SMILES string of the molecule is CN1CCN2c3ccc(-c4nn(C(=O)OC(C)(C)C)c5cc(C#N)c(-c6ccccc6F)cc45)cc3OCC2C1. The van der Waals surface area contributed by atoms with E-state index in [0.29, 0.717) is 34.3 Å². The first-order chi connectivity index (χ1) is 19.1. The molecule has 2 aliphatic rings. The number of hydrogen-bond acceptors (Lipinski definition) is 7. The molecule has 1 atom stereocenters. The van der Waals surface area contributed by atoms with Crippen LogP contribution in [0.25, 0.3) is 33.3 Å². The van der Waals surface area contributed by atoms with Gasteiger partial charge in [0, 0.05) is 41.7 Å². The monoisotopic (exact) mass is 539 g/mol. The lowest BCUT2D eigenvalue weighted by Gasteiger charge is -2.44. The fourth-order valence-electron chi connectivity index (χ4n) is 5.48. The summed E-state index contributed by atoms with van der Waals surface area (Å²) in [6, 6.07) is 18.0. The highest BCUT2D eigenvalue weighted by Gasteiger charge is 2.32. The first-order valence-electron chi connectivity index (χ1n) is 13.3. The van der Waals surface area contributed by atoms with E-state index in [2.05, 4.69) is 28.0 Å². The van der Waals surface area contributed by atoms with Crippen molar-refractivity contribution in [1.29, 1.82) is 5.26 Å². The molecule has 9 heteroatoms. The third-order valence-electron chi connectivity index (χ3n) is 7.33. The highest BCUT2D eigenvalue weighted by atomic mass is 19.1. The van der Waals surface area contributed by atoms with Crippen LogP contribution >= 0.6 is 0 Å².